The summed E-state index contributed by atoms with van der Waals surface area (Å²) in [4.78, 5) is 20.6. The summed E-state index contributed by atoms with van der Waals surface area (Å²) >= 11 is 0. The predicted octanol–water partition coefficient (Wildman–Crippen LogP) is 5.58. The number of aromatic amines is 1. The molecule has 5 nitrogen and oxygen atoms in total. The Kier molecular flexibility index (Phi) is 5.00. The van der Waals surface area contributed by atoms with Crippen LogP contribution in [0.5, 0.6) is 0 Å². The Bertz CT molecular complexity index is 1330. The van der Waals surface area contributed by atoms with Crippen molar-refractivity contribution in [2.45, 2.75) is 26.3 Å². The van der Waals surface area contributed by atoms with E-state index < -0.39 is 0 Å². The molecule has 0 unspecified atom stereocenters. The number of anilines is 1. The van der Waals surface area contributed by atoms with Gasteiger partial charge in [0, 0.05) is 29.6 Å². The molecule has 154 valence electrons. The van der Waals surface area contributed by atoms with Crippen LogP contribution < -0.4 is 5.32 Å². The number of para-hydroxylation sites is 3. The molecule has 5 heteroatoms. The first-order valence-electron chi connectivity index (χ1n) is 10.6. The van der Waals surface area contributed by atoms with Gasteiger partial charge in [-0.2, -0.15) is 0 Å². The van der Waals surface area contributed by atoms with Gasteiger partial charge in [0.05, 0.1) is 11.0 Å². The minimum absolute atomic E-state index is 0.138. The Morgan fingerprint density at radius 2 is 1.74 bits per heavy atom. The van der Waals surface area contributed by atoms with E-state index in [1.54, 1.807) is 0 Å². The normalized spacial score (nSPS) is 11.3. The lowest BCUT2D eigenvalue weighted by Crippen LogP contribution is -2.12. The maximum Gasteiger partial charge on any atom is 0.272 e. The van der Waals surface area contributed by atoms with Crippen LogP contribution in [0.3, 0.4) is 0 Å². The molecule has 0 aliphatic carbocycles. The van der Waals surface area contributed by atoms with Gasteiger partial charge in [-0.15, -0.1) is 0 Å². The van der Waals surface area contributed by atoms with Gasteiger partial charge in [-0.05, 0) is 55.3 Å². The molecule has 0 saturated carbocycles. The number of aryl methyl sites for hydroxylation is 3. The second-order valence-electron chi connectivity index (χ2n) is 7.68. The number of hydrogen-bond donors (Lipinski definition) is 2. The minimum Gasteiger partial charge on any atom is -0.351 e. The number of hydrogen-bond acceptors (Lipinski definition) is 2. The maximum atomic E-state index is 12.6. The van der Waals surface area contributed by atoms with E-state index in [1.165, 1.54) is 11.1 Å². The number of amides is 1. The number of H-pyrrole nitrogens is 1. The molecule has 0 bridgehead atoms. The van der Waals surface area contributed by atoms with Crippen molar-refractivity contribution in [2.75, 3.05) is 5.32 Å². The Labute approximate surface area is 180 Å². The Balaban J connectivity index is 1.25. The first-order chi connectivity index (χ1) is 15.2. The summed E-state index contributed by atoms with van der Waals surface area (Å²) in [5.74, 6) is 0.973. The number of benzene rings is 3. The molecule has 0 aliphatic heterocycles. The fraction of sp³-hybridized carbons (Fsp3) is 0.154. The second-order valence-corrected chi connectivity index (χ2v) is 7.68. The summed E-state index contributed by atoms with van der Waals surface area (Å²) in [7, 11) is 0. The highest BCUT2D eigenvalue weighted by molar-refractivity contribution is 6.05. The van der Waals surface area contributed by atoms with Gasteiger partial charge >= 0.3 is 0 Å². The van der Waals surface area contributed by atoms with Crippen molar-refractivity contribution < 1.29 is 4.79 Å². The predicted molar refractivity (Wildman–Crippen MR) is 126 cm³/mol. The van der Waals surface area contributed by atoms with Crippen molar-refractivity contribution in [1.29, 1.82) is 0 Å². The quantitative estimate of drug-likeness (QED) is 0.385. The summed E-state index contributed by atoms with van der Waals surface area (Å²) in [5.41, 5.74) is 5.76. The van der Waals surface area contributed by atoms with Crippen LogP contribution >= 0.6 is 0 Å². The zero-order chi connectivity index (χ0) is 21.2. The van der Waals surface area contributed by atoms with Crippen LogP contribution in [0, 0.1) is 0 Å². The van der Waals surface area contributed by atoms with E-state index in [4.69, 9.17) is 4.98 Å². The third-order valence-electron chi connectivity index (χ3n) is 5.67. The first-order valence-corrected chi connectivity index (χ1v) is 10.6. The van der Waals surface area contributed by atoms with E-state index in [2.05, 4.69) is 52.1 Å². The third-order valence-corrected chi connectivity index (χ3v) is 5.67. The minimum atomic E-state index is -0.138. The van der Waals surface area contributed by atoms with Crippen molar-refractivity contribution in [2.24, 2.45) is 0 Å². The molecule has 5 aromatic rings. The molecule has 2 heterocycles. The van der Waals surface area contributed by atoms with Gasteiger partial charge in [0.15, 0.2) is 0 Å². The number of nitrogens with zero attached hydrogens (tertiary/aromatic N) is 2. The van der Waals surface area contributed by atoms with Crippen LogP contribution in [0.1, 0.15) is 28.8 Å². The number of carbonyl (C=O) groups excluding carboxylic acids is 1. The van der Waals surface area contributed by atoms with Crippen LogP contribution in [0.15, 0.2) is 78.9 Å². The highest BCUT2D eigenvalue weighted by Crippen LogP contribution is 2.19. The number of aromatic nitrogens is 3. The standard InChI is InChI=1S/C26H24N4O/c1-2-30-24-10-6-5-9-22(24)29-25(30)16-13-18-11-14-20(15-12-18)27-26(31)23-17-19-7-3-4-8-21(19)28-23/h3-12,14-15,17,28H,2,13,16H2,1H3,(H,27,31). The molecule has 0 spiro atoms. The second kappa shape index (κ2) is 8.11. The van der Waals surface area contributed by atoms with Crippen molar-refractivity contribution in [3.8, 4) is 0 Å². The average molecular weight is 409 g/mol. The fourth-order valence-corrected chi connectivity index (χ4v) is 4.07. The van der Waals surface area contributed by atoms with Crippen molar-refractivity contribution in [1.82, 2.24) is 14.5 Å². The summed E-state index contributed by atoms with van der Waals surface area (Å²) in [6.07, 6.45) is 1.78. The molecule has 0 fully saturated rings. The first kappa shape index (κ1) is 19.1. The lowest BCUT2D eigenvalue weighted by molar-refractivity contribution is 0.102. The van der Waals surface area contributed by atoms with E-state index in [0.29, 0.717) is 5.69 Å². The van der Waals surface area contributed by atoms with E-state index >= 15 is 0 Å². The fourth-order valence-electron chi connectivity index (χ4n) is 4.07. The number of carbonyl (C=O) groups is 1. The summed E-state index contributed by atoms with van der Waals surface area (Å²) < 4.78 is 2.28. The maximum absolute atomic E-state index is 12.6. The smallest absolute Gasteiger partial charge is 0.272 e. The van der Waals surface area contributed by atoms with Gasteiger partial charge in [-0.25, -0.2) is 4.98 Å². The number of rotatable bonds is 6. The van der Waals surface area contributed by atoms with Crippen molar-refractivity contribution in [3.05, 3.63) is 95.9 Å². The van der Waals surface area contributed by atoms with Gasteiger partial charge in [0.2, 0.25) is 0 Å². The molecule has 1 amide bonds. The molecule has 2 N–H and O–H groups in total. The van der Waals surface area contributed by atoms with Crippen LogP contribution in [0.4, 0.5) is 5.69 Å². The number of nitrogens with one attached hydrogen (secondary N) is 2. The van der Waals surface area contributed by atoms with Crippen LogP contribution in [-0.2, 0) is 19.4 Å². The van der Waals surface area contributed by atoms with Gasteiger partial charge in [-0.1, -0.05) is 42.5 Å². The average Bonchev–Trinajstić information content (AvgIpc) is 3.39. The lowest BCUT2D eigenvalue weighted by Gasteiger charge is -2.08. The molecule has 0 saturated heterocycles. The molecular weight excluding hydrogens is 384 g/mol. The molecule has 0 aliphatic rings. The monoisotopic (exact) mass is 408 g/mol. The van der Waals surface area contributed by atoms with Gasteiger partial charge < -0.3 is 14.9 Å². The largest absolute Gasteiger partial charge is 0.351 e. The molecule has 0 atom stereocenters. The lowest BCUT2D eigenvalue weighted by atomic mass is 10.1. The SMILES string of the molecule is CCn1c(CCc2ccc(NC(=O)c3cc4ccccc4[nH]3)cc2)nc2ccccc21. The Hall–Kier alpha value is -3.86. The molecule has 5 rings (SSSR count). The molecule has 3 aromatic carbocycles. The van der Waals surface area contributed by atoms with Gasteiger partial charge in [-0.3, -0.25) is 4.79 Å². The molecule has 0 radical (unpaired) electrons. The third kappa shape index (κ3) is 3.82. The van der Waals surface area contributed by atoms with Gasteiger partial charge in [0.25, 0.3) is 5.91 Å². The van der Waals surface area contributed by atoms with E-state index in [0.717, 1.165) is 47.3 Å². The van der Waals surface area contributed by atoms with E-state index in [9.17, 15) is 4.79 Å². The molecule has 2 aromatic heterocycles. The Morgan fingerprint density at radius 1 is 0.968 bits per heavy atom. The van der Waals surface area contributed by atoms with Crippen LogP contribution in [0.25, 0.3) is 21.9 Å². The van der Waals surface area contributed by atoms with Crippen molar-refractivity contribution in [3.63, 3.8) is 0 Å². The number of imidazole rings is 1. The highest BCUT2D eigenvalue weighted by atomic mass is 16.1. The van der Waals surface area contributed by atoms with Crippen molar-refractivity contribution >= 4 is 33.5 Å². The number of fused-ring (bicyclic) bond motifs is 2. The Morgan fingerprint density at radius 3 is 2.55 bits per heavy atom. The van der Waals surface area contributed by atoms with Crippen LogP contribution in [-0.4, -0.2) is 20.4 Å². The summed E-state index contributed by atoms with van der Waals surface area (Å²) in [6.45, 7) is 3.07. The molecular formula is C26H24N4O. The zero-order valence-corrected chi connectivity index (χ0v) is 17.4. The summed E-state index contributed by atoms with van der Waals surface area (Å²) in [5, 5.41) is 4.00. The molecule has 31 heavy (non-hydrogen) atoms. The topological polar surface area (TPSA) is 62.7 Å². The zero-order valence-electron chi connectivity index (χ0n) is 17.4. The van der Waals surface area contributed by atoms with E-state index in [1.807, 2.05) is 48.5 Å². The highest BCUT2D eigenvalue weighted by Gasteiger charge is 2.11. The van der Waals surface area contributed by atoms with Crippen LogP contribution in [0.2, 0.25) is 0 Å². The van der Waals surface area contributed by atoms with E-state index in [-0.39, 0.29) is 5.91 Å². The van der Waals surface area contributed by atoms with Gasteiger partial charge in [0.1, 0.15) is 11.5 Å². The summed E-state index contributed by atoms with van der Waals surface area (Å²) in [6, 6.07) is 26.1.